The second-order valence-corrected chi connectivity index (χ2v) is 5.48. The molecule has 1 aliphatic rings. The van der Waals surface area contributed by atoms with Gasteiger partial charge in [0.15, 0.2) is 0 Å². The monoisotopic (exact) mass is 254 g/mol. The maximum atomic E-state index is 12.0. The van der Waals surface area contributed by atoms with Crippen LogP contribution in [-0.4, -0.2) is 28.3 Å². The summed E-state index contributed by atoms with van der Waals surface area (Å²) in [4.78, 5) is 25.0. The van der Waals surface area contributed by atoms with Crippen molar-refractivity contribution in [1.82, 2.24) is 10.1 Å². The number of nitrogens with zero attached hydrogens (tertiary/aromatic N) is 1. The summed E-state index contributed by atoms with van der Waals surface area (Å²) in [6.45, 7) is 7.78. The molecule has 0 spiro atoms. The van der Waals surface area contributed by atoms with Gasteiger partial charge in [-0.05, 0) is 34.1 Å². The van der Waals surface area contributed by atoms with Gasteiger partial charge in [-0.15, -0.1) is 0 Å². The maximum Gasteiger partial charge on any atom is 0.410 e. The summed E-state index contributed by atoms with van der Waals surface area (Å²) >= 11 is 0. The molecular weight excluding hydrogens is 236 g/mol. The van der Waals surface area contributed by atoms with E-state index < -0.39 is 5.60 Å². The molecule has 2 rings (SSSR count). The van der Waals surface area contributed by atoms with E-state index in [1.807, 2.05) is 27.7 Å². The lowest BCUT2D eigenvalue weighted by molar-refractivity contribution is 0.0154. The van der Waals surface area contributed by atoms with E-state index in [1.165, 1.54) is 0 Å². The zero-order valence-electron chi connectivity index (χ0n) is 11.1. The highest BCUT2D eigenvalue weighted by Crippen LogP contribution is 2.27. The predicted octanol–water partition coefficient (Wildman–Crippen LogP) is 1.82. The summed E-state index contributed by atoms with van der Waals surface area (Å²) in [6, 6.07) is -0.241. The van der Waals surface area contributed by atoms with E-state index in [0.29, 0.717) is 24.2 Å². The Morgan fingerprint density at radius 3 is 2.78 bits per heavy atom. The van der Waals surface area contributed by atoms with Crippen molar-refractivity contribution in [3.63, 3.8) is 0 Å². The molecule has 18 heavy (non-hydrogen) atoms. The van der Waals surface area contributed by atoms with Gasteiger partial charge in [0.25, 0.3) is 0 Å². The van der Waals surface area contributed by atoms with Crippen molar-refractivity contribution in [3.05, 3.63) is 21.7 Å². The Morgan fingerprint density at radius 2 is 2.17 bits per heavy atom. The first-order valence-electron chi connectivity index (χ1n) is 5.99. The molecule has 1 aromatic rings. The molecule has 1 atom stereocenters. The highest BCUT2D eigenvalue weighted by atomic mass is 16.6. The summed E-state index contributed by atoms with van der Waals surface area (Å²) in [5.41, 5.74) is 0.418. The van der Waals surface area contributed by atoms with E-state index in [9.17, 15) is 9.59 Å². The number of fused-ring (bicyclic) bond motifs is 1. The minimum atomic E-state index is -0.527. The Balaban J connectivity index is 2.19. The second-order valence-electron chi connectivity index (χ2n) is 5.48. The number of aromatic nitrogens is 1. The molecule has 1 amide bonds. The Morgan fingerprint density at radius 1 is 1.50 bits per heavy atom. The van der Waals surface area contributed by atoms with Crippen molar-refractivity contribution in [2.75, 3.05) is 6.54 Å². The van der Waals surface area contributed by atoms with Gasteiger partial charge in [0.1, 0.15) is 5.60 Å². The van der Waals surface area contributed by atoms with Gasteiger partial charge in [-0.2, -0.15) is 0 Å². The topological polar surface area (TPSA) is 75.5 Å². The number of H-pyrrole nitrogens is 1. The molecule has 6 heteroatoms. The van der Waals surface area contributed by atoms with Crippen LogP contribution in [0.5, 0.6) is 0 Å². The van der Waals surface area contributed by atoms with Crippen LogP contribution in [0.4, 0.5) is 4.79 Å². The predicted molar refractivity (Wildman–Crippen MR) is 64.4 cm³/mol. The lowest BCUT2D eigenvalue weighted by Crippen LogP contribution is -2.42. The van der Waals surface area contributed by atoms with Gasteiger partial charge in [0, 0.05) is 6.54 Å². The zero-order chi connectivity index (χ0) is 13.5. The van der Waals surface area contributed by atoms with Gasteiger partial charge in [-0.1, -0.05) is 0 Å². The van der Waals surface area contributed by atoms with E-state index in [2.05, 4.69) is 5.16 Å². The smallest absolute Gasteiger partial charge is 0.410 e. The summed E-state index contributed by atoms with van der Waals surface area (Å²) in [5, 5.41) is 2.59. The molecule has 0 saturated carbocycles. The third-order valence-electron chi connectivity index (χ3n) is 2.94. The SMILES string of the molecule is CC1c2[nH]oc(=O)c2CCN1C(=O)OC(C)(C)C. The lowest BCUT2D eigenvalue weighted by Gasteiger charge is -2.33. The van der Waals surface area contributed by atoms with Gasteiger partial charge in [0.2, 0.25) is 0 Å². The van der Waals surface area contributed by atoms with Crippen molar-refractivity contribution >= 4 is 6.09 Å². The number of hydrogen-bond acceptors (Lipinski definition) is 4. The third kappa shape index (κ3) is 2.27. The summed E-state index contributed by atoms with van der Waals surface area (Å²) < 4.78 is 10.1. The molecule has 0 aromatic carbocycles. The van der Waals surface area contributed by atoms with Gasteiger partial charge in [-0.25, -0.2) is 14.7 Å². The molecule has 1 N–H and O–H groups in total. The van der Waals surface area contributed by atoms with Crippen LogP contribution in [0.1, 0.15) is 45.0 Å². The number of aromatic amines is 1. The number of carbonyl (C=O) groups excluding carboxylic acids is 1. The van der Waals surface area contributed by atoms with E-state index in [4.69, 9.17) is 9.26 Å². The van der Waals surface area contributed by atoms with E-state index in [0.717, 1.165) is 0 Å². The van der Waals surface area contributed by atoms with Gasteiger partial charge < -0.3 is 9.26 Å². The van der Waals surface area contributed by atoms with Crippen molar-refractivity contribution in [1.29, 1.82) is 0 Å². The van der Waals surface area contributed by atoms with E-state index >= 15 is 0 Å². The zero-order valence-corrected chi connectivity index (χ0v) is 11.1. The third-order valence-corrected chi connectivity index (χ3v) is 2.94. The fourth-order valence-corrected chi connectivity index (χ4v) is 2.06. The fraction of sp³-hybridized carbons (Fsp3) is 0.667. The van der Waals surface area contributed by atoms with Gasteiger partial charge >= 0.3 is 11.7 Å². The highest BCUT2D eigenvalue weighted by molar-refractivity contribution is 5.69. The first-order valence-corrected chi connectivity index (χ1v) is 5.99. The summed E-state index contributed by atoms with van der Waals surface area (Å²) in [5.74, 6) is 0. The summed E-state index contributed by atoms with van der Waals surface area (Å²) in [7, 11) is 0. The van der Waals surface area contributed by atoms with Crippen LogP contribution in [0.15, 0.2) is 9.32 Å². The average Bonchev–Trinajstić information content (AvgIpc) is 2.59. The van der Waals surface area contributed by atoms with Crippen molar-refractivity contribution in [2.24, 2.45) is 0 Å². The summed E-state index contributed by atoms with van der Waals surface area (Å²) in [6.07, 6.45) is 0.118. The molecule has 0 aliphatic carbocycles. The molecule has 0 radical (unpaired) electrons. The van der Waals surface area contributed by atoms with Crippen molar-refractivity contribution < 1.29 is 14.1 Å². The first kappa shape index (κ1) is 12.7. The van der Waals surface area contributed by atoms with Crippen molar-refractivity contribution in [3.8, 4) is 0 Å². The molecule has 0 fully saturated rings. The van der Waals surface area contributed by atoms with Crippen LogP contribution in [0, 0.1) is 0 Å². The molecule has 1 unspecified atom stereocenters. The van der Waals surface area contributed by atoms with Crippen LogP contribution in [-0.2, 0) is 11.2 Å². The number of amides is 1. The Bertz CT molecular complexity index is 509. The molecular formula is C12H18N2O4. The Kier molecular flexibility index (Phi) is 2.96. The molecule has 0 saturated heterocycles. The normalized spacial score (nSPS) is 19.6. The molecule has 2 heterocycles. The van der Waals surface area contributed by atoms with Crippen LogP contribution in [0.2, 0.25) is 0 Å². The Hall–Kier alpha value is -1.72. The minimum Gasteiger partial charge on any atom is -0.444 e. The Labute approximate surface area is 105 Å². The average molecular weight is 254 g/mol. The van der Waals surface area contributed by atoms with Crippen LogP contribution in [0.25, 0.3) is 0 Å². The van der Waals surface area contributed by atoms with Gasteiger partial charge in [0.05, 0.1) is 17.3 Å². The first-order chi connectivity index (χ1) is 8.29. The molecule has 6 nitrogen and oxygen atoms in total. The van der Waals surface area contributed by atoms with E-state index in [-0.39, 0.29) is 17.8 Å². The van der Waals surface area contributed by atoms with Gasteiger partial charge in [-0.3, -0.25) is 4.90 Å². The van der Waals surface area contributed by atoms with Crippen LogP contribution >= 0.6 is 0 Å². The minimum absolute atomic E-state index is 0.241. The number of ether oxygens (including phenoxy) is 1. The van der Waals surface area contributed by atoms with Crippen LogP contribution in [0.3, 0.4) is 0 Å². The fourth-order valence-electron chi connectivity index (χ4n) is 2.06. The van der Waals surface area contributed by atoms with E-state index in [1.54, 1.807) is 4.90 Å². The van der Waals surface area contributed by atoms with Crippen LogP contribution < -0.4 is 5.63 Å². The standard InChI is InChI=1S/C12H18N2O4/c1-7-9-8(10(15)18-13-9)5-6-14(7)11(16)17-12(2,3)4/h7,13H,5-6H2,1-4H3. The van der Waals surface area contributed by atoms with Crippen molar-refractivity contribution in [2.45, 2.75) is 45.8 Å². The largest absolute Gasteiger partial charge is 0.444 e. The molecule has 0 bridgehead atoms. The molecule has 1 aromatic heterocycles. The molecule has 100 valence electrons. The molecule has 1 aliphatic heterocycles. The lowest BCUT2D eigenvalue weighted by atomic mass is 10.0. The number of carbonyl (C=O) groups is 1. The second kappa shape index (κ2) is 4.19. The number of rotatable bonds is 0. The highest BCUT2D eigenvalue weighted by Gasteiger charge is 2.33. The number of nitrogens with one attached hydrogen (secondary N) is 1. The quantitative estimate of drug-likeness (QED) is 0.766. The maximum absolute atomic E-state index is 12.0. The number of hydrogen-bond donors (Lipinski definition) is 1.